The molecule has 0 unspecified atom stereocenters. The number of unbranched alkanes of at least 4 members (excludes halogenated alkanes) is 4. The molecule has 0 radical (unpaired) electrons. The third-order valence-corrected chi connectivity index (χ3v) is 3.45. The third kappa shape index (κ3) is 8.49. The number of nitrogens with zero attached hydrogens (tertiary/aromatic N) is 1. The van der Waals surface area contributed by atoms with Crippen molar-refractivity contribution in [2.75, 3.05) is 18.5 Å². The lowest BCUT2D eigenvalue weighted by atomic mass is 10.2. The second kappa shape index (κ2) is 11.3. The quantitative estimate of drug-likeness (QED) is 0.218. The summed E-state index contributed by atoms with van der Waals surface area (Å²) in [6.07, 6.45) is 5.98. The van der Waals surface area contributed by atoms with Gasteiger partial charge < -0.3 is 4.74 Å². The monoisotopic (exact) mass is 353 g/mol. The van der Waals surface area contributed by atoms with Gasteiger partial charge in [-0.05, 0) is 18.9 Å². The molecule has 0 atom stereocenters. The van der Waals surface area contributed by atoms with Gasteiger partial charge in [0.1, 0.15) is 6.61 Å². The van der Waals surface area contributed by atoms with Gasteiger partial charge in [-0.2, -0.15) is 0 Å². The second-order valence-corrected chi connectivity index (χ2v) is 5.41. The Morgan fingerprint density at radius 2 is 1.95 bits per heavy atom. The van der Waals surface area contributed by atoms with Crippen LogP contribution in [-0.2, 0) is 4.74 Å². The summed E-state index contributed by atoms with van der Waals surface area (Å²) in [6, 6.07) is 6.31. The number of nitro groups is 1. The molecule has 0 amide bonds. The van der Waals surface area contributed by atoms with Crippen molar-refractivity contribution in [3.05, 3.63) is 39.9 Å². The van der Waals surface area contributed by atoms with Crippen LogP contribution < -0.4 is 0 Å². The Morgan fingerprint density at radius 3 is 2.71 bits per heavy atom. The Hall–Kier alpha value is -1.38. The lowest BCUT2D eigenvalue weighted by Gasteiger charge is -2.00. The molecule has 0 fully saturated rings. The number of non-ortho nitro benzene ring substituents is 1. The van der Waals surface area contributed by atoms with Crippen molar-refractivity contribution < 1.29 is 9.66 Å². The van der Waals surface area contributed by atoms with Crippen molar-refractivity contribution in [3.63, 3.8) is 0 Å². The zero-order valence-corrected chi connectivity index (χ0v) is 13.6. The van der Waals surface area contributed by atoms with E-state index in [9.17, 15) is 10.1 Å². The van der Waals surface area contributed by atoms with Crippen LogP contribution in [0.25, 0.3) is 0 Å². The van der Waals surface area contributed by atoms with Crippen LogP contribution >= 0.6 is 15.9 Å². The summed E-state index contributed by atoms with van der Waals surface area (Å²) < 4.78 is 5.42. The highest BCUT2D eigenvalue weighted by Gasteiger charge is 2.03. The van der Waals surface area contributed by atoms with E-state index in [1.54, 1.807) is 12.1 Å². The molecule has 0 aliphatic heterocycles. The minimum atomic E-state index is -0.419. The SMILES string of the molecule is O=[N+]([O-])c1cccc(C#CCOCCCCCCCBr)c1. The van der Waals surface area contributed by atoms with Crippen LogP contribution in [0.2, 0.25) is 0 Å². The van der Waals surface area contributed by atoms with E-state index in [1.165, 1.54) is 37.8 Å². The van der Waals surface area contributed by atoms with Crippen LogP contribution in [0, 0.1) is 22.0 Å². The molecule has 0 spiro atoms. The largest absolute Gasteiger partial charge is 0.369 e. The summed E-state index contributed by atoms with van der Waals surface area (Å²) in [5.41, 5.74) is 0.703. The zero-order valence-electron chi connectivity index (χ0n) is 12.0. The van der Waals surface area contributed by atoms with E-state index in [2.05, 4.69) is 27.8 Å². The summed E-state index contributed by atoms with van der Waals surface area (Å²) in [7, 11) is 0. The van der Waals surface area contributed by atoms with E-state index < -0.39 is 4.92 Å². The molecule has 114 valence electrons. The summed E-state index contributed by atoms with van der Waals surface area (Å²) in [5, 5.41) is 11.7. The summed E-state index contributed by atoms with van der Waals surface area (Å²) in [6.45, 7) is 1.09. The number of alkyl halides is 1. The van der Waals surface area contributed by atoms with Crippen LogP contribution in [-0.4, -0.2) is 23.5 Å². The first-order valence-corrected chi connectivity index (χ1v) is 8.23. The van der Waals surface area contributed by atoms with E-state index in [0.717, 1.165) is 18.4 Å². The average Bonchev–Trinajstić information content (AvgIpc) is 2.49. The lowest BCUT2D eigenvalue weighted by Crippen LogP contribution is -1.95. The molecule has 0 aromatic heterocycles. The fourth-order valence-electron chi connectivity index (χ4n) is 1.79. The van der Waals surface area contributed by atoms with Crippen molar-refractivity contribution >= 4 is 21.6 Å². The Balaban J connectivity index is 2.16. The van der Waals surface area contributed by atoms with E-state index in [1.807, 2.05) is 0 Å². The first-order chi connectivity index (χ1) is 10.2. The molecule has 1 aromatic carbocycles. The van der Waals surface area contributed by atoms with Gasteiger partial charge in [-0.3, -0.25) is 10.1 Å². The Bertz CT molecular complexity index is 494. The van der Waals surface area contributed by atoms with Gasteiger partial charge in [0, 0.05) is 29.6 Å². The van der Waals surface area contributed by atoms with Crippen LogP contribution in [0.3, 0.4) is 0 Å². The third-order valence-electron chi connectivity index (χ3n) is 2.89. The lowest BCUT2D eigenvalue weighted by molar-refractivity contribution is -0.384. The predicted molar refractivity (Wildman–Crippen MR) is 87.7 cm³/mol. The number of benzene rings is 1. The molecule has 0 saturated carbocycles. The molecule has 0 bridgehead atoms. The molecule has 0 saturated heterocycles. The van der Waals surface area contributed by atoms with Gasteiger partial charge >= 0.3 is 0 Å². The normalized spacial score (nSPS) is 9.95. The van der Waals surface area contributed by atoms with Gasteiger partial charge in [0.05, 0.1) is 4.92 Å². The average molecular weight is 354 g/mol. The fraction of sp³-hybridized carbons (Fsp3) is 0.500. The molecule has 1 aromatic rings. The highest BCUT2D eigenvalue weighted by Crippen LogP contribution is 2.11. The number of rotatable bonds is 9. The van der Waals surface area contributed by atoms with Crippen LogP contribution in [0.1, 0.15) is 37.7 Å². The molecule has 5 heteroatoms. The fourth-order valence-corrected chi connectivity index (χ4v) is 2.18. The Morgan fingerprint density at radius 1 is 1.19 bits per heavy atom. The van der Waals surface area contributed by atoms with E-state index in [4.69, 9.17) is 4.74 Å². The van der Waals surface area contributed by atoms with Crippen LogP contribution in [0.4, 0.5) is 5.69 Å². The highest BCUT2D eigenvalue weighted by atomic mass is 79.9. The number of hydrogen-bond acceptors (Lipinski definition) is 3. The first-order valence-electron chi connectivity index (χ1n) is 7.11. The number of nitro benzene ring substituents is 1. The molecule has 21 heavy (non-hydrogen) atoms. The number of ether oxygens (including phenoxy) is 1. The van der Waals surface area contributed by atoms with E-state index in [-0.39, 0.29) is 5.69 Å². The van der Waals surface area contributed by atoms with Gasteiger partial charge in [-0.25, -0.2) is 0 Å². The standard InChI is InChI=1S/C16H20BrNO3/c17-11-4-2-1-3-5-12-21-13-7-9-15-8-6-10-16(14-15)18(19)20/h6,8,10,14H,1-5,11-13H2. The molecule has 0 heterocycles. The maximum absolute atomic E-state index is 10.6. The smallest absolute Gasteiger partial charge is 0.270 e. The van der Waals surface area contributed by atoms with Gasteiger partial charge in [0.2, 0.25) is 0 Å². The minimum absolute atomic E-state index is 0.0613. The van der Waals surface area contributed by atoms with Crippen molar-refractivity contribution in [1.82, 2.24) is 0 Å². The van der Waals surface area contributed by atoms with Crippen molar-refractivity contribution in [2.24, 2.45) is 0 Å². The van der Waals surface area contributed by atoms with Gasteiger partial charge in [0.15, 0.2) is 0 Å². The number of hydrogen-bond donors (Lipinski definition) is 0. The number of halogens is 1. The Kier molecular flexibility index (Phi) is 9.51. The van der Waals surface area contributed by atoms with Crippen molar-refractivity contribution in [1.29, 1.82) is 0 Å². The molecule has 4 nitrogen and oxygen atoms in total. The molecule has 1 rings (SSSR count). The van der Waals surface area contributed by atoms with Crippen molar-refractivity contribution in [3.8, 4) is 11.8 Å². The first kappa shape index (κ1) is 17.7. The molecular formula is C16H20BrNO3. The maximum Gasteiger partial charge on any atom is 0.270 e. The summed E-state index contributed by atoms with van der Waals surface area (Å²) in [5.74, 6) is 5.75. The Labute approximate surface area is 134 Å². The van der Waals surface area contributed by atoms with Gasteiger partial charge in [0.25, 0.3) is 5.69 Å². The van der Waals surface area contributed by atoms with Gasteiger partial charge in [-0.1, -0.05) is 53.1 Å². The maximum atomic E-state index is 10.6. The van der Waals surface area contributed by atoms with Crippen LogP contribution in [0.5, 0.6) is 0 Å². The molecular weight excluding hydrogens is 334 g/mol. The second-order valence-electron chi connectivity index (χ2n) is 4.62. The van der Waals surface area contributed by atoms with Gasteiger partial charge in [-0.15, -0.1) is 0 Å². The minimum Gasteiger partial charge on any atom is -0.369 e. The van der Waals surface area contributed by atoms with E-state index >= 15 is 0 Å². The topological polar surface area (TPSA) is 52.4 Å². The van der Waals surface area contributed by atoms with Crippen LogP contribution in [0.15, 0.2) is 24.3 Å². The highest BCUT2D eigenvalue weighted by molar-refractivity contribution is 9.09. The zero-order chi connectivity index (χ0) is 15.3. The molecule has 0 aliphatic carbocycles. The summed E-state index contributed by atoms with van der Waals surface area (Å²) in [4.78, 5) is 10.2. The van der Waals surface area contributed by atoms with Crippen molar-refractivity contribution in [2.45, 2.75) is 32.1 Å². The predicted octanol–water partition coefficient (Wildman–Crippen LogP) is 4.31. The molecule has 0 aliphatic rings. The summed E-state index contributed by atoms with van der Waals surface area (Å²) >= 11 is 3.41. The molecule has 0 N–H and O–H groups in total. The van der Waals surface area contributed by atoms with E-state index in [0.29, 0.717) is 12.2 Å².